The van der Waals surface area contributed by atoms with Gasteiger partial charge in [0.25, 0.3) is 5.91 Å². The van der Waals surface area contributed by atoms with Crippen LogP contribution >= 0.6 is 11.6 Å². The zero-order valence-corrected chi connectivity index (χ0v) is 17.5. The van der Waals surface area contributed by atoms with Gasteiger partial charge in [0, 0.05) is 49.6 Å². The van der Waals surface area contributed by atoms with Crippen LogP contribution in [0.3, 0.4) is 0 Å². The Morgan fingerprint density at radius 3 is 2.55 bits per heavy atom. The van der Waals surface area contributed by atoms with Crippen molar-refractivity contribution in [2.45, 2.75) is 27.1 Å². The molecule has 4 rings (SSSR count). The van der Waals surface area contributed by atoms with E-state index in [0.717, 1.165) is 36.0 Å². The highest BCUT2D eigenvalue weighted by Gasteiger charge is 2.23. The molecule has 0 atom stereocenters. The van der Waals surface area contributed by atoms with Crippen LogP contribution in [0.25, 0.3) is 0 Å². The first-order valence-electron chi connectivity index (χ1n) is 9.78. The van der Waals surface area contributed by atoms with Crippen molar-refractivity contribution < 1.29 is 4.79 Å². The molecule has 0 aliphatic carbocycles. The first-order valence-corrected chi connectivity index (χ1v) is 10.2. The molecule has 0 saturated carbocycles. The van der Waals surface area contributed by atoms with Crippen molar-refractivity contribution >= 4 is 17.5 Å². The molecule has 0 spiro atoms. The van der Waals surface area contributed by atoms with E-state index in [1.165, 1.54) is 5.56 Å². The summed E-state index contributed by atoms with van der Waals surface area (Å²) < 4.78 is 3.63. The minimum atomic E-state index is -0.0143. The molecule has 3 heterocycles. The molecule has 29 heavy (non-hydrogen) atoms. The maximum absolute atomic E-state index is 12.8. The van der Waals surface area contributed by atoms with Gasteiger partial charge in [0.2, 0.25) is 0 Å². The van der Waals surface area contributed by atoms with Crippen LogP contribution in [0.5, 0.6) is 0 Å². The van der Waals surface area contributed by atoms with E-state index in [9.17, 15) is 4.79 Å². The van der Waals surface area contributed by atoms with Crippen molar-refractivity contribution in [1.29, 1.82) is 0 Å². The molecule has 1 aliphatic rings. The molecule has 0 radical (unpaired) electrons. The van der Waals surface area contributed by atoms with Crippen molar-refractivity contribution in [1.82, 2.24) is 29.4 Å². The van der Waals surface area contributed by atoms with Crippen molar-refractivity contribution in [3.05, 3.63) is 70.3 Å². The van der Waals surface area contributed by atoms with Crippen molar-refractivity contribution in [2.24, 2.45) is 0 Å². The molecule has 1 aliphatic heterocycles. The molecule has 1 amide bonds. The quantitative estimate of drug-likeness (QED) is 0.646. The summed E-state index contributed by atoms with van der Waals surface area (Å²) in [6, 6.07) is 11.7. The summed E-state index contributed by atoms with van der Waals surface area (Å²) in [5, 5.41) is 9.66. The van der Waals surface area contributed by atoms with Crippen LogP contribution in [0.15, 0.2) is 42.6 Å². The number of amides is 1. The molecule has 1 saturated heterocycles. The lowest BCUT2D eigenvalue weighted by molar-refractivity contribution is 0.0621. The Kier molecular flexibility index (Phi) is 5.69. The van der Waals surface area contributed by atoms with Gasteiger partial charge in [0.15, 0.2) is 0 Å². The van der Waals surface area contributed by atoms with Gasteiger partial charge in [-0.05, 0) is 43.7 Å². The molecule has 7 nitrogen and oxygen atoms in total. The van der Waals surface area contributed by atoms with E-state index in [1.54, 1.807) is 10.7 Å². The van der Waals surface area contributed by atoms with E-state index in [-0.39, 0.29) is 5.91 Å². The molecule has 3 aromatic rings. The van der Waals surface area contributed by atoms with Crippen LogP contribution in [0, 0.1) is 13.8 Å². The van der Waals surface area contributed by atoms with Crippen LogP contribution in [-0.2, 0) is 13.2 Å². The zero-order valence-electron chi connectivity index (χ0n) is 16.8. The predicted molar refractivity (Wildman–Crippen MR) is 112 cm³/mol. The summed E-state index contributed by atoms with van der Waals surface area (Å²) in [7, 11) is 0. The maximum Gasteiger partial charge on any atom is 0.274 e. The fourth-order valence-electron chi connectivity index (χ4n) is 3.67. The van der Waals surface area contributed by atoms with Gasteiger partial charge in [0.1, 0.15) is 12.4 Å². The highest BCUT2D eigenvalue weighted by molar-refractivity contribution is 6.30. The second-order valence-electron chi connectivity index (χ2n) is 7.51. The lowest BCUT2D eigenvalue weighted by Gasteiger charge is -2.34. The Balaban J connectivity index is 1.33. The molecular formula is C21H25ClN6O. The first-order chi connectivity index (χ1) is 14.0. The van der Waals surface area contributed by atoms with Crippen molar-refractivity contribution in [3.8, 4) is 0 Å². The van der Waals surface area contributed by atoms with Crippen LogP contribution in [0.2, 0.25) is 5.02 Å². The number of aryl methyl sites for hydroxylation is 2. The molecule has 1 fully saturated rings. The highest BCUT2D eigenvalue weighted by atomic mass is 35.5. The van der Waals surface area contributed by atoms with Gasteiger partial charge in [-0.2, -0.15) is 10.2 Å². The van der Waals surface area contributed by atoms with Crippen LogP contribution in [0.4, 0.5) is 0 Å². The van der Waals surface area contributed by atoms with Gasteiger partial charge in [-0.25, -0.2) is 4.68 Å². The summed E-state index contributed by atoms with van der Waals surface area (Å²) in [6.45, 7) is 8.40. The highest BCUT2D eigenvalue weighted by Crippen LogP contribution is 2.15. The Labute approximate surface area is 175 Å². The fraction of sp³-hybridized carbons (Fsp3) is 0.381. The molecule has 152 valence electrons. The number of carbonyl (C=O) groups excluding carboxylic acids is 1. The normalized spacial score (nSPS) is 15.1. The number of rotatable bonds is 5. The van der Waals surface area contributed by atoms with E-state index in [1.807, 2.05) is 53.9 Å². The lowest BCUT2D eigenvalue weighted by Crippen LogP contribution is -2.48. The van der Waals surface area contributed by atoms with E-state index in [2.05, 4.69) is 21.2 Å². The summed E-state index contributed by atoms with van der Waals surface area (Å²) in [4.78, 5) is 17.1. The average Bonchev–Trinajstić information content (AvgIpc) is 3.28. The van der Waals surface area contributed by atoms with E-state index < -0.39 is 0 Å². The Morgan fingerprint density at radius 2 is 1.86 bits per heavy atom. The molecule has 0 bridgehead atoms. The smallest absolute Gasteiger partial charge is 0.274 e. The van der Waals surface area contributed by atoms with Crippen LogP contribution in [-0.4, -0.2) is 61.4 Å². The molecule has 1 aromatic carbocycles. The minimum Gasteiger partial charge on any atom is -0.335 e. The third-order valence-corrected chi connectivity index (χ3v) is 5.43. The zero-order chi connectivity index (χ0) is 20.4. The Morgan fingerprint density at radius 1 is 1.07 bits per heavy atom. The van der Waals surface area contributed by atoms with Gasteiger partial charge in [-0.15, -0.1) is 0 Å². The third-order valence-electron chi connectivity index (χ3n) is 5.20. The number of hydrogen-bond acceptors (Lipinski definition) is 4. The van der Waals surface area contributed by atoms with Gasteiger partial charge in [-0.1, -0.05) is 23.7 Å². The standard InChI is InChI=1S/C21H25ClN6O/c1-16-12-17(2)28(23-16)15-27-7-6-20(24-27)21(29)26-10-8-25(9-11-26)14-18-4-3-5-19(22)13-18/h3-7,12-13H,8-11,14-15H2,1-2H3. The largest absolute Gasteiger partial charge is 0.335 e. The van der Waals surface area contributed by atoms with E-state index in [0.29, 0.717) is 25.5 Å². The Hall–Kier alpha value is -2.64. The minimum absolute atomic E-state index is 0.0143. The second-order valence-corrected chi connectivity index (χ2v) is 7.94. The number of benzene rings is 1. The van der Waals surface area contributed by atoms with Crippen molar-refractivity contribution in [2.75, 3.05) is 26.2 Å². The SMILES string of the molecule is Cc1cc(C)n(Cn2ccc(C(=O)N3CCN(Cc4cccc(Cl)c4)CC3)n2)n1. The number of carbonyl (C=O) groups is 1. The number of halogens is 1. The lowest BCUT2D eigenvalue weighted by atomic mass is 10.2. The number of nitrogens with zero attached hydrogens (tertiary/aromatic N) is 6. The summed E-state index contributed by atoms with van der Waals surface area (Å²) in [5.41, 5.74) is 3.72. The summed E-state index contributed by atoms with van der Waals surface area (Å²) >= 11 is 6.07. The van der Waals surface area contributed by atoms with Gasteiger partial charge in [0.05, 0.1) is 5.69 Å². The van der Waals surface area contributed by atoms with Crippen LogP contribution in [0.1, 0.15) is 27.4 Å². The monoisotopic (exact) mass is 412 g/mol. The second kappa shape index (κ2) is 8.39. The molecule has 8 heteroatoms. The first kappa shape index (κ1) is 19.7. The molecule has 0 unspecified atom stereocenters. The van der Waals surface area contributed by atoms with E-state index in [4.69, 9.17) is 11.6 Å². The average molecular weight is 413 g/mol. The molecular weight excluding hydrogens is 388 g/mol. The number of hydrogen-bond donors (Lipinski definition) is 0. The third kappa shape index (κ3) is 4.68. The Bertz CT molecular complexity index is 1000. The van der Waals surface area contributed by atoms with Gasteiger partial charge < -0.3 is 4.90 Å². The predicted octanol–water partition coefficient (Wildman–Crippen LogP) is 2.81. The summed E-state index contributed by atoms with van der Waals surface area (Å²) in [6.07, 6.45) is 1.83. The van der Waals surface area contributed by atoms with Crippen molar-refractivity contribution in [3.63, 3.8) is 0 Å². The van der Waals surface area contributed by atoms with Gasteiger partial charge in [-0.3, -0.25) is 14.4 Å². The summed E-state index contributed by atoms with van der Waals surface area (Å²) in [5.74, 6) is -0.0143. The number of aromatic nitrogens is 4. The maximum atomic E-state index is 12.8. The fourth-order valence-corrected chi connectivity index (χ4v) is 3.89. The van der Waals surface area contributed by atoms with Crippen LogP contribution < -0.4 is 0 Å². The number of piperazine rings is 1. The van der Waals surface area contributed by atoms with E-state index >= 15 is 0 Å². The molecule has 2 aromatic heterocycles. The molecule has 0 N–H and O–H groups in total. The van der Waals surface area contributed by atoms with Gasteiger partial charge >= 0.3 is 0 Å². The topological polar surface area (TPSA) is 59.2 Å².